The molecule has 2 aromatic rings. The fourth-order valence-corrected chi connectivity index (χ4v) is 3.72. The average Bonchev–Trinajstić information content (AvgIpc) is 2.86. The van der Waals surface area contributed by atoms with Crippen molar-refractivity contribution in [1.29, 1.82) is 0 Å². The maximum Gasteiger partial charge on any atom is 0.276 e. The summed E-state index contributed by atoms with van der Waals surface area (Å²) in [5.74, 6) is 0.947. The van der Waals surface area contributed by atoms with Crippen molar-refractivity contribution in [1.82, 2.24) is 9.80 Å². The van der Waals surface area contributed by atoms with E-state index in [0.29, 0.717) is 38.4 Å². The van der Waals surface area contributed by atoms with Gasteiger partial charge < -0.3 is 14.4 Å². The zero-order valence-corrected chi connectivity index (χ0v) is 18.7. The normalized spacial score (nSPS) is 15.5. The van der Waals surface area contributed by atoms with E-state index in [1.165, 1.54) is 4.90 Å². The predicted octanol–water partition coefficient (Wildman–Crippen LogP) is 4.72. The largest absolute Gasteiger partial charge is 0.493 e. The zero-order chi connectivity index (χ0) is 20.4. The Morgan fingerprint density at radius 1 is 1.21 bits per heavy atom. The van der Waals surface area contributed by atoms with Crippen LogP contribution in [0.1, 0.15) is 11.1 Å². The summed E-state index contributed by atoms with van der Waals surface area (Å²) in [5.41, 5.74) is 2.15. The molecule has 146 valence electrons. The first-order valence-electron chi connectivity index (χ1n) is 8.34. The number of hydrogen-bond donors (Lipinski definition) is 0. The minimum absolute atomic E-state index is 0.151. The summed E-state index contributed by atoms with van der Waals surface area (Å²) in [5, 5.41) is 1.10. The first-order chi connectivity index (χ1) is 13.3. The Bertz CT molecular complexity index is 980. The molecular weight excluding hydrogens is 464 g/mol. The Morgan fingerprint density at radius 3 is 2.54 bits per heavy atom. The molecule has 2 aromatic carbocycles. The number of rotatable bonds is 5. The number of carbonyl (C=O) groups is 1. The summed E-state index contributed by atoms with van der Waals surface area (Å²) in [7, 11) is 4.99. The summed E-state index contributed by atoms with van der Waals surface area (Å²) in [6, 6.07) is 11.2. The molecule has 1 heterocycles. The van der Waals surface area contributed by atoms with Gasteiger partial charge in [-0.3, -0.25) is 9.69 Å². The number of likely N-dealkylation sites (N-methyl/N-ethyl adjacent to an activating group) is 2. The van der Waals surface area contributed by atoms with Gasteiger partial charge in [-0.1, -0.05) is 29.8 Å². The summed E-state index contributed by atoms with van der Waals surface area (Å²) >= 11 is 15.0. The molecule has 0 spiro atoms. The minimum Gasteiger partial charge on any atom is -0.493 e. The van der Waals surface area contributed by atoms with E-state index < -0.39 is 0 Å². The summed E-state index contributed by atoms with van der Waals surface area (Å²) < 4.78 is 12.1. The van der Waals surface area contributed by atoms with Gasteiger partial charge in [0.05, 0.1) is 11.6 Å². The third-order valence-corrected chi connectivity index (χ3v) is 5.85. The molecule has 1 amide bonds. The van der Waals surface area contributed by atoms with Crippen LogP contribution in [0.4, 0.5) is 0 Å². The Labute approximate surface area is 182 Å². The first kappa shape index (κ1) is 20.6. The highest BCUT2D eigenvalue weighted by molar-refractivity contribution is 9.10. The summed E-state index contributed by atoms with van der Waals surface area (Å²) in [4.78, 5) is 15.5. The van der Waals surface area contributed by atoms with Gasteiger partial charge in [0.15, 0.2) is 16.6 Å². The van der Waals surface area contributed by atoms with Gasteiger partial charge in [-0.2, -0.15) is 0 Å². The van der Waals surface area contributed by atoms with Gasteiger partial charge >= 0.3 is 0 Å². The SMILES string of the molecule is COc1cc(/C=C2/C(=O)N(C)C(=S)N2C)cc(Br)c1OCc1ccccc1Cl. The monoisotopic (exact) mass is 480 g/mol. The molecule has 28 heavy (non-hydrogen) atoms. The summed E-state index contributed by atoms with van der Waals surface area (Å²) in [6.07, 6.45) is 1.77. The van der Waals surface area contributed by atoms with Crippen LogP contribution in [0.5, 0.6) is 11.5 Å². The van der Waals surface area contributed by atoms with E-state index in [9.17, 15) is 4.79 Å². The number of carbonyl (C=O) groups excluding carboxylic acids is 1. The molecule has 0 unspecified atom stereocenters. The van der Waals surface area contributed by atoms with E-state index in [2.05, 4.69) is 15.9 Å². The molecule has 0 saturated carbocycles. The molecule has 1 saturated heterocycles. The van der Waals surface area contributed by atoms with Crippen molar-refractivity contribution in [3.05, 3.63) is 62.7 Å². The molecule has 0 N–H and O–H groups in total. The van der Waals surface area contributed by atoms with Crippen LogP contribution < -0.4 is 9.47 Å². The average molecular weight is 482 g/mol. The second-order valence-electron chi connectivity index (χ2n) is 6.15. The van der Waals surface area contributed by atoms with E-state index in [1.807, 2.05) is 36.4 Å². The lowest BCUT2D eigenvalue weighted by atomic mass is 10.1. The fraction of sp³-hybridized carbons (Fsp3) is 0.200. The number of halogens is 2. The third-order valence-electron chi connectivity index (χ3n) is 4.34. The summed E-state index contributed by atoms with van der Waals surface area (Å²) in [6.45, 7) is 0.301. The highest BCUT2D eigenvalue weighted by atomic mass is 79.9. The van der Waals surface area contributed by atoms with Gasteiger partial charge in [0.25, 0.3) is 5.91 Å². The molecule has 8 heteroatoms. The van der Waals surface area contributed by atoms with E-state index in [0.717, 1.165) is 11.1 Å². The molecule has 0 atom stereocenters. The number of amides is 1. The number of methoxy groups -OCH3 is 1. The standard InChI is InChI=1S/C20H18BrClN2O3S/c1-23-16(19(25)24(2)20(23)28)9-12-8-14(21)18(17(10-12)26-3)27-11-13-6-4-5-7-15(13)22/h4-10H,11H2,1-3H3/b16-9-. The first-order valence-corrected chi connectivity index (χ1v) is 9.92. The van der Waals surface area contributed by atoms with Crippen molar-refractivity contribution >= 4 is 56.8 Å². The lowest BCUT2D eigenvalue weighted by Gasteiger charge is -2.15. The Balaban J connectivity index is 1.90. The molecule has 0 aromatic heterocycles. The Kier molecular flexibility index (Phi) is 6.27. The minimum atomic E-state index is -0.151. The molecule has 0 bridgehead atoms. The van der Waals surface area contributed by atoms with Gasteiger partial charge in [0.2, 0.25) is 0 Å². The highest BCUT2D eigenvalue weighted by Gasteiger charge is 2.32. The molecule has 0 radical (unpaired) electrons. The van der Waals surface area contributed by atoms with Crippen LogP contribution in [0.2, 0.25) is 5.02 Å². The third kappa shape index (κ3) is 4.01. The quantitative estimate of drug-likeness (QED) is 0.457. The van der Waals surface area contributed by atoms with Crippen molar-refractivity contribution in [2.24, 2.45) is 0 Å². The lowest BCUT2D eigenvalue weighted by Crippen LogP contribution is -2.26. The predicted molar refractivity (Wildman–Crippen MR) is 118 cm³/mol. The van der Waals surface area contributed by atoms with Crippen molar-refractivity contribution < 1.29 is 14.3 Å². The lowest BCUT2D eigenvalue weighted by molar-refractivity contribution is -0.121. The topological polar surface area (TPSA) is 42.0 Å². The number of thiocarbonyl (C=S) groups is 1. The molecule has 3 rings (SSSR count). The number of hydrogen-bond acceptors (Lipinski definition) is 4. The smallest absolute Gasteiger partial charge is 0.276 e. The molecule has 5 nitrogen and oxygen atoms in total. The van der Waals surface area contributed by atoms with E-state index in [4.69, 9.17) is 33.3 Å². The van der Waals surface area contributed by atoms with Crippen LogP contribution >= 0.6 is 39.7 Å². The van der Waals surface area contributed by atoms with Crippen molar-refractivity contribution in [2.75, 3.05) is 21.2 Å². The number of benzene rings is 2. The zero-order valence-electron chi connectivity index (χ0n) is 15.5. The molecule has 1 fully saturated rings. The van der Waals surface area contributed by atoms with Crippen molar-refractivity contribution in [3.63, 3.8) is 0 Å². The van der Waals surface area contributed by atoms with Crippen LogP contribution in [0.3, 0.4) is 0 Å². The highest BCUT2D eigenvalue weighted by Crippen LogP contribution is 2.38. The van der Waals surface area contributed by atoms with Crippen LogP contribution in [-0.2, 0) is 11.4 Å². The molecule has 1 aliphatic rings. The molecule has 1 aliphatic heterocycles. The van der Waals surface area contributed by atoms with Crippen LogP contribution in [-0.4, -0.2) is 42.0 Å². The van der Waals surface area contributed by atoms with E-state index in [-0.39, 0.29) is 5.91 Å². The van der Waals surface area contributed by atoms with Crippen LogP contribution in [0.15, 0.2) is 46.6 Å². The van der Waals surface area contributed by atoms with Crippen LogP contribution in [0, 0.1) is 0 Å². The van der Waals surface area contributed by atoms with E-state index >= 15 is 0 Å². The molecular formula is C20H18BrClN2O3S. The van der Waals surface area contributed by atoms with Crippen molar-refractivity contribution in [3.8, 4) is 11.5 Å². The van der Waals surface area contributed by atoms with Gasteiger partial charge in [0.1, 0.15) is 12.3 Å². The Morgan fingerprint density at radius 2 is 1.93 bits per heavy atom. The van der Waals surface area contributed by atoms with E-state index in [1.54, 1.807) is 32.2 Å². The van der Waals surface area contributed by atoms with Crippen molar-refractivity contribution in [2.45, 2.75) is 6.61 Å². The van der Waals surface area contributed by atoms with Crippen LogP contribution in [0.25, 0.3) is 6.08 Å². The second-order valence-corrected chi connectivity index (χ2v) is 7.78. The van der Waals surface area contributed by atoms with Gasteiger partial charge in [-0.15, -0.1) is 0 Å². The maximum absolute atomic E-state index is 12.4. The second kappa shape index (κ2) is 8.51. The van der Waals surface area contributed by atoms with Gasteiger partial charge in [-0.05, 0) is 58.0 Å². The Hall–Kier alpha value is -2.09. The molecule has 0 aliphatic carbocycles. The number of nitrogens with zero attached hydrogens (tertiary/aromatic N) is 2. The van der Waals surface area contributed by atoms with Gasteiger partial charge in [-0.25, -0.2) is 0 Å². The van der Waals surface area contributed by atoms with Gasteiger partial charge in [0, 0.05) is 24.7 Å². The maximum atomic E-state index is 12.4. The fourth-order valence-electron chi connectivity index (χ4n) is 2.78. The number of ether oxygens (including phenoxy) is 2.